The lowest BCUT2D eigenvalue weighted by atomic mass is 9.59. The molecule has 5 atom stereocenters. The Morgan fingerprint density at radius 2 is 2.07 bits per heavy atom. The Bertz CT molecular complexity index is 368. The van der Waals surface area contributed by atoms with Gasteiger partial charge in [0.05, 0.1) is 0 Å². The lowest BCUT2D eigenvalue weighted by Gasteiger charge is -2.43. The first-order valence-electron chi connectivity index (χ1n) is 6.16. The minimum absolute atomic E-state index is 0.0227. The van der Waals surface area contributed by atoms with E-state index in [2.05, 4.69) is 39.8 Å². The van der Waals surface area contributed by atoms with E-state index in [1.807, 2.05) is 0 Å². The summed E-state index contributed by atoms with van der Waals surface area (Å²) < 4.78 is 0. The molecule has 3 aliphatic carbocycles. The zero-order valence-electron chi connectivity index (χ0n) is 10.1. The highest BCUT2D eigenvalue weighted by Gasteiger charge is 2.73. The van der Waals surface area contributed by atoms with Crippen molar-refractivity contribution in [2.75, 3.05) is 0 Å². The summed E-state index contributed by atoms with van der Waals surface area (Å²) >= 11 is 0. The molecule has 1 nitrogen and oxygen atoms in total. The Labute approximate surface area is 91.9 Å². The van der Waals surface area contributed by atoms with Gasteiger partial charge in [-0.1, -0.05) is 32.9 Å². The van der Waals surface area contributed by atoms with Gasteiger partial charge in [0.25, 0.3) is 0 Å². The van der Waals surface area contributed by atoms with Gasteiger partial charge in [0.1, 0.15) is 5.78 Å². The fourth-order valence-corrected chi connectivity index (χ4v) is 4.42. The molecule has 0 aromatic carbocycles. The summed E-state index contributed by atoms with van der Waals surface area (Å²) in [5, 5.41) is 0. The lowest BCUT2D eigenvalue weighted by molar-refractivity contribution is -0.138. The number of ketones is 1. The van der Waals surface area contributed by atoms with Gasteiger partial charge >= 0.3 is 0 Å². The van der Waals surface area contributed by atoms with E-state index >= 15 is 0 Å². The van der Waals surface area contributed by atoms with Crippen molar-refractivity contribution < 1.29 is 4.79 Å². The smallest absolute Gasteiger partial charge is 0.149 e. The van der Waals surface area contributed by atoms with Gasteiger partial charge in [0.2, 0.25) is 0 Å². The van der Waals surface area contributed by atoms with Gasteiger partial charge < -0.3 is 0 Å². The van der Waals surface area contributed by atoms with E-state index in [1.165, 1.54) is 6.42 Å². The third-order valence-electron chi connectivity index (χ3n) is 5.50. The van der Waals surface area contributed by atoms with Gasteiger partial charge in [-0.2, -0.15) is 0 Å². The van der Waals surface area contributed by atoms with E-state index in [0.717, 1.165) is 0 Å². The van der Waals surface area contributed by atoms with Crippen molar-refractivity contribution in [3.05, 3.63) is 12.2 Å². The Morgan fingerprint density at radius 3 is 2.67 bits per heavy atom. The lowest BCUT2D eigenvalue weighted by Crippen LogP contribution is -2.46. The third-order valence-corrected chi connectivity index (χ3v) is 5.50. The molecule has 2 bridgehead atoms. The van der Waals surface area contributed by atoms with Gasteiger partial charge in [0.15, 0.2) is 0 Å². The predicted molar refractivity (Wildman–Crippen MR) is 60.3 cm³/mol. The first-order valence-corrected chi connectivity index (χ1v) is 6.16. The predicted octanol–water partition coefficient (Wildman–Crippen LogP) is 3.06. The molecule has 0 heterocycles. The van der Waals surface area contributed by atoms with Gasteiger partial charge in [-0.25, -0.2) is 0 Å². The molecule has 2 unspecified atom stereocenters. The number of allylic oxidation sites excluding steroid dienone is 2. The quantitative estimate of drug-likeness (QED) is 0.600. The molecule has 15 heavy (non-hydrogen) atoms. The molecular formula is C14H20O. The number of carbonyl (C=O) groups is 1. The topological polar surface area (TPSA) is 17.1 Å². The first-order chi connectivity index (χ1) is 6.92. The average molecular weight is 204 g/mol. The van der Waals surface area contributed by atoms with Gasteiger partial charge in [-0.3, -0.25) is 4.79 Å². The molecule has 0 aromatic rings. The highest BCUT2D eigenvalue weighted by atomic mass is 16.1. The molecule has 0 aliphatic heterocycles. The van der Waals surface area contributed by atoms with Crippen molar-refractivity contribution in [1.82, 2.24) is 0 Å². The molecule has 1 heteroatoms. The molecule has 0 aromatic heterocycles. The minimum atomic E-state index is -0.160. The highest BCUT2D eigenvalue weighted by molar-refractivity contribution is 5.97. The fraction of sp³-hybridized carbons (Fsp3) is 0.786. The number of hydrogen-bond donors (Lipinski definition) is 0. The fourth-order valence-electron chi connectivity index (χ4n) is 4.42. The van der Waals surface area contributed by atoms with Crippen LogP contribution in [0.2, 0.25) is 0 Å². The first kappa shape index (κ1) is 9.62. The molecule has 0 N–H and O–H groups in total. The van der Waals surface area contributed by atoms with Crippen LogP contribution in [0.1, 0.15) is 34.1 Å². The van der Waals surface area contributed by atoms with Crippen LogP contribution in [-0.2, 0) is 4.79 Å². The average Bonchev–Trinajstić information content (AvgIpc) is 2.79. The molecule has 2 fully saturated rings. The Balaban J connectivity index is 2.10. The van der Waals surface area contributed by atoms with Crippen molar-refractivity contribution in [3.63, 3.8) is 0 Å². The van der Waals surface area contributed by atoms with Crippen LogP contribution in [-0.4, -0.2) is 5.78 Å². The summed E-state index contributed by atoms with van der Waals surface area (Å²) in [5.41, 5.74) is -0.138. The molecule has 0 amide bonds. The molecule has 2 saturated carbocycles. The summed E-state index contributed by atoms with van der Waals surface area (Å²) in [6.45, 7) is 8.86. The van der Waals surface area contributed by atoms with Crippen molar-refractivity contribution >= 4 is 5.78 Å². The van der Waals surface area contributed by atoms with Crippen molar-refractivity contribution in [2.24, 2.45) is 34.5 Å². The second-order valence-electron chi connectivity index (χ2n) is 6.47. The summed E-state index contributed by atoms with van der Waals surface area (Å²) in [5.74, 6) is 2.93. The van der Waals surface area contributed by atoms with Crippen LogP contribution in [0.25, 0.3) is 0 Å². The maximum atomic E-state index is 12.5. The van der Waals surface area contributed by atoms with Crippen LogP contribution >= 0.6 is 0 Å². The number of carbonyl (C=O) groups excluding carboxylic acids is 1. The molecular weight excluding hydrogens is 184 g/mol. The molecule has 0 saturated heterocycles. The van der Waals surface area contributed by atoms with Gasteiger partial charge in [0, 0.05) is 10.8 Å². The van der Waals surface area contributed by atoms with Crippen LogP contribution < -0.4 is 0 Å². The van der Waals surface area contributed by atoms with Crippen LogP contribution in [0.3, 0.4) is 0 Å². The second kappa shape index (κ2) is 2.39. The van der Waals surface area contributed by atoms with Crippen LogP contribution in [0.4, 0.5) is 0 Å². The molecule has 3 rings (SSSR count). The van der Waals surface area contributed by atoms with Crippen LogP contribution in [0, 0.1) is 34.5 Å². The Morgan fingerprint density at radius 1 is 1.40 bits per heavy atom. The zero-order valence-corrected chi connectivity index (χ0v) is 10.1. The normalized spacial score (nSPS) is 56.1. The Hall–Kier alpha value is -0.590. The highest BCUT2D eigenvalue weighted by Crippen LogP contribution is 2.72. The number of fused-ring (bicyclic) bond motifs is 2. The third kappa shape index (κ3) is 0.847. The van der Waals surface area contributed by atoms with Crippen LogP contribution in [0.5, 0.6) is 0 Å². The SMILES string of the molecule is CC(C)[C@@H]1CC2C3C=C[C@]1(C)C(=O)[C@]32C. The van der Waals surface area contributed by atoms with Gasteiger partial charge in [-0.15, -0.1) is 0 Å². The second-order valence-corrected chi connectivity index (χ2v) is 6.47. The van der Waals surface area contributed by atoms with E-state index < -0.39 is 0 Å². The molecule has 3 aliphatic rings. The molecule has 82 valence electrons. The Kier molecular flexibility index (Phi) is 1.53. The van der Waals surface area contributed by atoms with Crippen molar-refractivity contribution in [1.29, 1.82) is 0 Å². The number of hydrogen-bond acceptors (Lipinski definition) is 1. The standard InChI is InChI=1S/C14H20O/c1-8(2)10-7-11-9-5-6-13(10,3)12(15)14(9,11)4/h5-6,8-11H,7H2,1-4H3/t9?,10-,11?,13-,14+/m0/s1. The summed E-state index contributed by atoms with van der Waals surface area (Å²) in [6.07, 6.45) is 5.81. The number of Topliss-reactive ketones (excluding diaryl/α,β-unsaturated/α-hetero) is 1. The summed E-state index contributed by atoms with van der Waals surface area (Å²) in [7, 11) is 0. The maximum absolute atomic E-state index is 12.5. The van der Waals surface area contributed by atoms with Crippen molar-refractivity contribution in [3.8, 4) is 0 Å². The largest absolute Gasteiger partial charge is 0.298 e. The number of rotatable bonds is 1. The van der Waals surface area contributed by atoms with E-state index in [9.17, 15) is 4.79 Å². The molecule has 0 spiro atoms. The van der Waals surface area contributed by atoms with Crippen LogP contribution in [0.15, 0.2) is 12.2 Å². The minimum Gasteiger partial charge on any atom is -0.298 e. The summed E-state index contributed by atoms with van der Waals surface area (Å²) in [6, 6.07) is 0. The van der Waals surface area contributed by atoms with Crippen molar-refractivity contribution in [2.45, 2.75) is 34.1 Å². The maximum Gasteiger partial charge on any atom is 0.149 e. The zero-order chi connectivity index (χ0) is 11.0. The van der Waals surface area contributed by atoms with E-state index in [1.54, 1.807) is 0 Å². The van der Waals surface area contributed by atoms with E-state index in [4.69, 9.17) is 0 Å². The van der Waals surface area contributed by atoms with Gasteiger partial charge in [-0.05, 0) is 37.0 Å². The summed E-state index contributed by atoms with van der Waals surface area (Å²) in [4.78, 5) is 12.5. The monoisotopic (exact) mass is 204 g/mol. The molecule has 0 radical (unpaired) electrons. The van der Waals surface area contributed by atoms with E-state index in [-0.39, 0.29) is 10.8 Å². The van der Waals surface area contributed by atoms with E-state index in [0.29, 0.717) is 29.5 Å².